The fraction of sp³-hybridized carbons (Fsp3) is 0.923. The molecular weight excluding hydrogens is 232 g/mol. The molecule has 3 nitrogen and oxygen atoms in total. The molecule has 0 aromatic carbocycles. The summed E-state index contributed by atoms with van der Waals surface area (Å²) < 4.78 is 0. The van der Waals surface area contributed by atoms with Gasteiger partial charge in [-0.1, -0.05) is 27.2 Å². The highest BCUT2D eigenvalue weighted by Gasteiger charge is 2.43. The van der Waals surface area contributed by atoms with Crippen molar-refractivity contribution >= 4 is 17.7 Å². The standard InChI is InChI=1S/C13H24N2OS/c1-4-5-11-13(16)15(10-6-7-17-8-10)12(14-11)9(2)3/h9-12,14H,4-8H2,1-3H3. The molecule has 2 aliphatic rings. The molecule has 0 bridgehead atoms. The third-order valence-electron chi connectivity index (χ3n) is 3.73. The molecule has 3 atom stereocenters. The van der Waals surface area contributed by atoms with Crippen molar-refractivity contribution in [3.8, 4) is 0 Å². The van der Waals surface area contributed by atoms with Gasteiger partial charge in [0.1, 0.15) is 0 Å². The molecule has 2 heterocycles. The van der Waals surface area contributed by atoms with E-state index >= 15 is 0 Å². The number of rotatable bonds is 4. The Kier molecular flexibility index (Phi) is 4.36. The summed E-state index contributed by atoms with van der Waals surface area (Å²) in [7, 11) is 0. The van der Waals surface area contributed by atoms with Crippen LogP contribution >= 0.6 is 11.8 Å². The number of amides is 1. The van der Waals surface area contributed by atoms with Crippen LogP contribution in [-0.2, 0) is 4.79 Å². The Morgan fingerprint density at radius 1 is 1.53 bits per heavy atom. The summed E-state index contributed by atoms with van der Waals surface area (Å²) in [6, 6.07) is 0.534. The fourth-order valence-electron chi connectivity index (χ4n) is 2.83. The number of hydrogen-bond donors (Lipinski definition) is 1. The predicted molar refractivity (Wildman–Crippen MR) is 73.0 cm³/mol. The number of thioether (sulfide) groups is 1. The van der Waals surface area contributed by atoms with Crippen molar-refractivity contribution in [2.24, 2.45) is 5.92 Å². The average molecular weight is 256 g/mol. The Labute approximate surface area is 109 Å². The summed E-state index contributed by atoms with van der Waals surface area (Å²) in [5.74, 6) is 3.16. The Bertz CT molecular complexity index is 277. The molecule has 4 heteroatoms. The summed E-state index contributed by atoms with van der Waals surface area (Å²) in [6.07, 6.45) is 3.46. The second-order valence-electron chi connectivity index (χ2n) is 5.46. The summed E-state index contributed by atoms with van der Waals surface area (Å²) in [5.41, 5.74) is 0. The maximum Gasteiger partial charge on any atom is 0.241 e. The fourth-order valence-corrected chi connectivity index (χ4v) is 4.04. The Hall–Kier alpha value is -0.220. The quantitative estimate of drug-likeness (QED) is 0.836. The lowest BCUT2D eigenvalue weighted by atomic mass is 10.1. The average Bonchev–Trinajstić information content (AvgIpc) is 2.88. The molecule has 2 saturated heterocycles. The Morgan fingerprint density at radius 2 is 2.29 bits per heavy atom. The molecule has 0 aromatic heterocycles. The normalized spacial score (nSPS) is 34.0. The van der Waals surface area contributed by atoms with Gasteiger partial charge < -0.3 is 4.90 Å². The molecule has 1 amide bonds. The van der Waals surface area contributed by atoms with Crippen LogP contribution in [0.1, 0.15) is 40.0 Å². The van der Waals surface area contributed by atoms with Crippen LogP contribution in [0.15, 0.2) is 0 Å². The Balaban J connectivity index is 2.11. The van der Waals surface area contributed by atoms with Gasteiger partial charge in [0.05, 0.1) is 12.2 Å². The van der Waals surface area contributed by atoms with Gasteiger partial charge in [-0.2, -0.15) is 11.8 Å². The summed E-state index contributed by atoms with van der Waals surface area (Å²) in [6.45, 7) is 6.55. The van der Waals surface area contributed by atoms with Gasteiger partial charge in [-0.15, -0.1) is 0 Å². The van der Waals surface area contributed by atoms with Crippen molar-refractivity contribution in [3.63, 3.8) is 0 Å². The smallest absolute Gasteiger partial charge is 0.241 e. The minimum atomic E-state index is 0.0676. The zero-order valence-electron chi connectivity index (χ0n) is 11.1. The first-order valence-corrected chi connectivity index (χ1v) is 7.96. The van der Waals surface area contributed by atoms with Crippen LogP contribution < -0.4 is 5.32 Å². The van der Waals surface area contributed by atoms with E-state index < -0.39 is 0 Å². The van der Waals surface area contributed by atoms with Crippen LogP contribution in [0.3, 0.4) is 0 Å². The molecular formula is C13H24N2OS. The number of nitrogens with one attached hydrogen (secondary N) is 1. The molecule has 1 N–H and O–H groups in total. The molecule has 17 heavy (non-hydrogen) atoms. The zero-order chi connectivity index (χ0) is 12.4. The van der Waals surface area contributed by atoms with Gasteiger partial charge in [0.15, 0.2) is 0 Å². The number of hydrogen-bond acceptors (Lipinski definition) is 3. The van der Waals surface area contributed by atoms with Gasteiger partial charge in [0, 0.05) is 11.8 Å². The Morgan fingerprint density at radius 3 is 2.82 bits per heavy atom. The maximum absolute atomic E-state index is 12.5. The lowest BCUT2D eigenvalue weighted by Crippen LogP contribution is -2.47. The molecule has 2 rings (SSSR count). The van der Waals surface area contributed by atoms with Crippen molar-refractivity contribution in [1.82, 2.24) is 10.2 Å². The van der Waals surface area contributed by atoms with E-state index in [2.05, 4.69) is 31.0 Å². The van der Waals surface area contributed by atoms with Crippen LogP contribution in [0.5, 0.6) is 0 Å². The second-order valence-corrected chi connectivity index (χ2v) is 6.61. The van der Waals surface area contributed by atoms with Gasteiger partial charge >= 0.3 is 0 Å². The van der Waals surface area contributed by atoms with E-state index in [1.165, 1.54) is 12.2 Å². The van der Waals surface area contributed by atoms with E-state index in [4.69, 9.17) is 0 Å². The van der Waals surface area contributed by atoms with Gasteiger partial charge in [-0.05, 0) is 24.5 Å². The summed E-state index contributed by atoms with van der Waals surface area (Å²) in [4.78, 5) is 14.6. The first-order chi connectivity index (χ1) is 8.15. The van der Waals surface area contributed by atoms with Crippen LogP contribution in [0.4, 0.5) is 0 Å². The highest BCUT2D eigenvalue weighted by molar-refractivity contribution is 7.99. The van der Waals surface area contributed by atoms with Crippen molar-refractivity contribution in [2.75, 3.05) is 11.5 Å². The van der Waals surface area contributed by atoms with E-state index in [-0.39, 0.29) is 12.2 Å². The zero-order valence-corrected chi connectivity index (χ0v) is 11.9. The predicted octanol–water partition coefficient (Wildman–Crippen LogP) is 2.07. The van der Waals surface area contributed by atoms with Crippen molar-refractivity contribution in [1.29, 1.82) is 0 Å². The highest BCUT2D eigenvalue weighted by Crippen LogP contribution is 2.29. The molecule has 98 valence electrons. The minimum Gasteiger partial charge on any atom is -0.322 e. The molecule has 0 aliphatic carbocycles. The van der Waals surface area contributed by atoms with Crippen LogP contribution in [0.2, 0.25) is 0 Å². The van der Waals surface area contributed by atoms with Gasteiger partial charge in [-0.25, -0.2) is 0 Å². The molecule has 0 saturated carbocycles. The lowest BCUT2D eigenvalue weighted by Gasteiger charge is -2.32. The minimum absolute atomic E-state index is 0.0676. The highest BCUT2D eigenvalue weighted by atomic mass is 32.2. The number of carbonyl (C=O) groups is 1. The summed E-state index contributed by atoms with van der Waals surface area (Å²) >= 11 is 1.98. The maximum atomic E-state index is 12.5. The topological polar surface area (TPSA) is 32.3 Å². The molecule has 2 aliphatic heterocycles. The van der Waals surface area contributed by atoms with E-state index in [1.54, 1.807) is 0 Å². The van der Waals surface area contributed by atoms with Crippen LogP contribution in [-0.4, -0.2) is 40.6 Å². The van der Waals surface area contributed by atoms with E-state index in [9.17, 15) is 4.79 Å². The van der Waals surface area contributed by atoms with Gasteiger partial charge in [0.2, 0.25) is 5.91 Å². The molecule has 0 spiro atoms. The molecule has 3 unspecified atom stereocenters. The van der Waals surface area contributed by atoms with E-state index in [0.29, 0.717) is 17.9 Å². The van der Waals surface area contributed by atoms with Crippen LogP contribution in [0, 0.1) is 5.92 Å². The first-order valence-electron chi connectivity index (χ1n) is 6.81. The largest absolute Gasteiger partial charge is 0.322 e. The first kappa shape index (κ1) is 13.2. The van der Waals surface area contributed by atoms with Crippen molar-refractivity contribution in [3.05, 3.63) is 0 Å². The molecule has 0 aromatic rings. The van der Waals surface area contributed by atoms with E-state index in [0.717, 1.165) is 18.6 Å². The third kappa shape index (κ3) is 2.63. The van der Waals surface area contributed by atoms with Crippen LogP contribution in [0.25, 0.3) is 0 Å². The third-order valence-corrected chi connectivity index (χ3v) is 4.88. The molecule has 0 radical (unpaired) electrons. The van der Waals surface area contributed by atoms with E-state index in [1.807, 2.05) is 11.8 Å². The SMILES string of the molecule is CCCC1NC(C(C)C)N(C2CCSC2)C1=O. The van der Waals surface area contributed by atoms with Gasteiger partial charge in [0.25, 0.3) is 0 Å². The monoisotopic (exact) mass is 256 g/mol. The van der Waals surface area contributed by atoms with Crippen molar-refractivity contribution < 1.29 is 4.79 Å². The molecule has 2 fully saturated rings. The van der Waals surface area contributed by atoms with Crippen molar-refractivity contribution in [2.45, 2.75) is 58.3 Å². The summed E-state index contributed by atoms with van der Waals surface area (Å²) in [5, 5.41) is 3.54. The number of nitrogens with zero attached hydrogens (tertiary/aromatic N) is 1. The second kappa shape index (κ2) is 5.61. The van der Waals surface area contributed by atoms with Gasteiger partial charge in [-0.3, -0.25) is 10.1 Å². The number of carbonyl (C=O) groups excluding carboxylic acids is 1. The lowest BCUT2D eigenvalue weighted by molar-refractivity contribution is -0.132.